The predicted octanol–water partition coefficient (Wildman–Crippen LogP) is 9.68. The number of hydrogen-bond acceptors (Lipinski definition) is 5. The number of carbonyl (C=O) groups is 1. The van der Waals surface area contributed by atoms with E-state index in [0.717, 1.165) is 38.5 Å². The topological polar surface area (TPSA) is 110 Å². The Hall–Kier alpha value is -0.690. The molecule has 45 heavy (non-hydrogen) atoms. The number of amides is 1. The van der Waals surface area contributed by atoms with Crippen molar-refractivity contribution in [3.8, 4) is 0 Å². The number of unbranched alkanes of at least 4 members (excludes halogenated alkanes) is 27. The molecule has 5 N–H and O–H groups in total. The third-order valence-electron chi connectivity index (χ3n) is 9.57. The van der Waals surface area contributed by atoms with Gasteiger partial charge in [0, 0.05) is 0 Å². The lowest BCUT2D eigenvalue weighted by Crippen LogP contribution is -2.53. The molecule has 6 nitrogen and oxygen atoms in total. The van der Waals surface area contributed by atoms with E-state index in [-0.39, 0.29) is 0 Å². The molecule has 1 amide bonds. The van der Waals surface area contributed by atoms with Crippen LogP contribution >= 0.6 is 0 Å². The van der Waals surface area contributed by atoms with E-state index < -0.39 is 36.9 Å². The second-order valence-corrected chi connectivity index (χ2v) is 14.0. The first-order valence-electron chi connectivity index (χ1n) is 19.9. The Morgan fingerprint density at radius 2 is 0.756 bits per heavy atom. The highest BCUT2D eigenvalue weighted by molar-refractivity contribution is 5.80. The van der Waals surface area contributed by atoms with Crippen molar-refractivity contribution in [1.82, 2.24) is 5.32 Å². The molecule has 0 aliphatic carbocycles. The Balaban J connectivity index is 3.46. The fraction of sp³-hybridized carbons (Fsp3) is 0.974. The summed E-state index contributed by atoms with van der Waals surface area (Å²) >= 11 is 0. The van der Waals surface area contributed by atoms with Crippen LogP contribution < -0.4 is 5.32 Å². The molecule has 0 fully saturated rings. The summed E-state index contributed by atoms with van der Waals surface area (Å²) in [5, 5.41) is 42.7. The minimum absolute atomic E-state index is 0.373. The second-order valence-electron chi connectivity index (χ2n) is 14.0. The van der Waals surface area contributed by atoms with Crippen LogP contribution in [0.4, 0.5) is 0 Å². The van der Waals surface area contributed by atoms with Gasteiger partial charge in [0.2, 0.25) is 5.91 Å². The maximum atomic E-state index is 12.3. The van der Waals surface area contributed by atoms with Gasteiger partial charge >= 0.3 is 0 Å². The molecule has 0 aromatic rings. The Morgan fingerprint density at radius 1 is 0.467 bits per heavy atom. The standard InChI is InChI=1S/C39H79NO5/c1-3-5-7-8-9-10-11-12-13-14-15-16-17-18-19-20-21-22-23-24-25-26-27-28-29-31-33-37(43)39(45)40-35(34-41)38(44)36(42)32-30-6-4-2/h35-38,41-44H,3-34H2,1-2H3,(H,40,45). The SMILES string of the molecule is CCCCCCCCCCCCCCCCCCCCCCCCCCCCC(O)C(=O)NC(CO)C(O)C(O)CCCCC. The number of nitrogens with one attached hydrogen (secondary N) is 1. The van der Waals surface area contributed by atoms with E-state index in [2.05, 4.69) is 19.2 Å². The maximum Gasteiger partial charge on any atom is 0.249 e. The summed E-state index contributed by atoms with van der Waals surface area (Å²) in [6, 6.07) is -0.974. The summed E-state index contributed by atoms with van der Waals surface area (Å²) in [5.41, 5.74) is 0. The number of rotatable bonds is 36. The minimum Gasteiger partial charge on any atom is -0.394 e. The van der Waals surface area contributed by atoms with E-state index in [9.17, 15) is 25.2 Å². The Bertz CT molecular complexity index is 604. The van der Waals surface area contributed by atoms with E-state index in [0.29, 0.717) is 12.8 Å². The lowest BCUT2D eigenvalue weighted by Gasteiger charge is -2.27. The van der Waals surface area contributed by atoms with Crippen molar-refractivity contribution in [3.63, 3.8) is 0 Å². The fourth-order valence-corrected chi connectivity index (χ4v) is 6.34. The molecule has 0 radical (unpaired) electrons. The number of carbonyl (C=O) groups excluding carboxylic acids is 1. The van der Waals surface area contributed by atoms with Gasteiger partial charge in [-0.25, -0.2) is 0 Å². The van der Waals surface area contributed by atoms with Gasteiger partial charge in [-0.2, -0.15) is 0 Å². The monoisotopic (exact) mass is 642 g/mol. The van der Waals surface area contributed by atoms with Gasteiger partial charge in [0.25, 0.3) is 0 Å². The average Bonchev–Trinajstić information content (AvgIpc) is 3.04. The van der Waals surface area contributed by atoms with Crippen LogP contribution in [-0.4, -0.2) is 57.3 Å². The number of aliphatic hydroxyl groups excluding tert-OH is 4. The fourth-order valence-electron chi connectivity index (χ4n) is 6.34. The van der Waals surface area contributed by atoms with Gasteiger partial charge < -0.3 is 25.7 Å². The minimum atomic E-state index is -1.25. The van der Waals surface area contributed by atoms with Gasteiger partial charge in [0.1, 0.15) is 12.2 Å². The van der Waals surface area contributed by atoms with Gasteiger partial charge in [0.15, 0.2) is 0 Å². The Morgan fingerprint density at radius 3 is 1.09 bits per heavy atom. The van der Waals surface area contributed by atoms with Crippen molar-refractivity contribution < 1.29 is 25.2 Å². The molecule has 6 heteroatoms. The van der Waals surface area contributed by atoms with Gasteiger partial charge in [0.05, 0.1) is 18.8 Å². The van der Waals surface area contributed by atoms with Crippen LogP contribution in [0.1, 0.15) is 213 Å². The van der Waals surface area contributed by atoms with E-state index in [1.54, 1.807) is 0 Å². The summed E-state index contributed by atoms with van der Waals surface area (Å²) in [6.07, 6.45) is 35.2. The zero-order valence-corrected chi connectivity index (χ0v) is 30.1. The predicted molar refractivity (Wildman–Crippen MR) is 192 cm³/mol. The molecule has 0 rings (SSSR count). The quantitative estimate of drug-likeness (QED) is 0.0438. The smallest absolute Gasteiger partial charge is 0.249 e. The summed E-state index contributed by atoms with van der Waals surface area (Å²) < 4.78 is 0. The molecule has 4 atom stereocenters. The summed E-state index contributed by atoms with van der Waals surface area (Å²) in [7, 11) is 0. The molecular weight excluding hydrogens is 562 g/mol. The molecule has 0 aliphatic heterocycles. The molecule has 0 saturated carbocycles. The van der Waals surface area contributed by atoms with E-state index in [1.165, 1.54) is 148 Å². The zero-order valence-electron chi connectivity index (χ0n) is 30.1. The largest absolute Gasteiger partial charge is 0.394 e. The van der Waals surface area contributed by atoms with Gasteiger partial charge in [-0.15, -0.1) is 0 Å². The van der Waals surface area contributed by atoms with Crippen LogP contribution in [0.2, 0.25) is 0 Å². The maximum absolute atomic E-state index is 12.3. The third kappa shape index (κ3) is 29.2. The van der Waals surface area contributed by atoms with E-state index in [1.807, 2.05) is 0 Å². The third-order valence-corrected chi connectivity index (χ3v) is 9.57. The average molecular weight is 642 g/mol. The highest BCUT2D eigenvalue weighted by Gasteiger charge is 2.28. The van der Waals surface area contributed by atoms with Crippen molar-refractivity contribution >= 4 is 5.91 Å². The molecule has 0 heterocycles. The first-order chi connectivity index (χ1) is 22.0. The van der Waals surface area contributed by atoms with Crippen molar-refractivity contribution in [1.29, 1.82) is 0 Å². The summed E-state index contributed by atoms with van der Waals surface area (Å²) in [4.78, 5) is 12.3. The molecule has 4 unspecified atom stereocenters. The van der Waals surface area contributed by atoms with Crippen LogP contribution in [0.15, 0.2) is 0 Å². The zero-order chi connectivity index (χ0) is 33.2. The van der Waals surface area contributed by atoms with Gasteiger partial charge in [-0.05, 0) is 12.8 Å². The highest BCUT2D eigenvalue weighted by atomic mass is 16.3. The Labute approximate surface area is 279 Å². The van der Waals surface area contributed by atoms with E-state index in [4.69, 9.17) is 0 Å². The van der Waals surface area contributed by atoms with Crippen LogP contribution in [0, 0.1) is 0 Å². The number of hydrogen-bond donors (Lipinski definition) is 5. The van der Waals surface area contributed by atoms with Crippen molar-refractivity contribution in [3.05, 3.63) is 0 Å². The van der Waals surface area contributed by atoms with E-state index >= 15 is 0 Å². The molecule has 0 aromatic heterocycles. The lowest BCUT2D eigenvalue weighted by atomic mass is 10.00. The highest BCUT2D eigenvalue weighted by Crippen LogP contribution is 2.17. The normalized spacial score (nSPS) is 14.4. The second kappa shape index (κ2) is 34.6. The summed E-state index contributed by atoms with van der Waals surface area (Å²) in [5.74, 6) is -0.589. The lowest BCUT2D eigenvalue weighted by molar-refractivity contribution is -0.132. The van der Waals surface area contributed by atoms with Crippen LogP contribution in [0.25, 0.3) is 0 Å². The molecule has 270 valence electrons. The van der Waals surface area contributed by atoms with Crippen LogP contribution in [-0.2, 0) is 4.79 Å². The van der Waals surface area contributed by atoms with Gasteiger partial charge in [-0.3, -0.25) is 4.79 Å². The molecular formula is C39H79NO5. The molecule has 0 bridgehead atoms. The molecule has 0 aliphatic rings. The number of aliphatic hydroxyl groups is 4. The molecule has 0 saturated heterocycles. The van der Waals surface area contributed by atoms with Crippen molar-refractivity contribution in [2.75, 3.05) is 6.61 Å². The van der Waals surface area contributed by atoms with Crippen LogP contribution in [0.3, 0.4) is 0 Å². The first-order valence-corrected chi connectivity index (χ1v) is 19.9. The first kappa shape index (κ1) is 44.3. The van der Waals surface area contributed by atoms with Crippen LogP contribution in [0.5, 0.6) is 0 Å². The molecule has 0 aromatic carbocycles. The van der Waals surface area contributed by atoms with Crippen molar-refractivity contribution in [2.24, 2.45) is 0 Å². The van der Waals surface area contributed by atoms with Gasteiger partial charge in [-0.1, -0.05) is 200 Å². The molecule has 0 spiro atoms. The summed E-state index contributed by atoms with van der Waals surface area (Å²) in [6.45, 7) is 3.87. The Kier molecular flexibility index (Phi) is 34.1. The van der Waals surface area contributed by atoms with Crippen molar-refractivity contribution in [2.45, 2.75) is 237 Å².